The SMILES string of the molecule is O=C(OCc1cc(=O)oc2cc3c(cc12)CCC3)c1ccccc1. The molecule has 1 aromatic heterocycles. The van der Waals surface area contributed by atoms with Gasteiger partial charge in [0.25, 0.3) is 0 Å². The van der Waals surface area contributed by atoms with E-state index in [2.05, 4.69) is 6.07 Å². The van der Waals surface area contributed by atoms with Gasteiger partial charge in [0.2, 0.25) is 0 Å². The molecule has 1 aliphatic carbocycles. The van der Waals surface area contributed by atoms with Crippen LogP contribution in [0.25, 0.3) is 11.0 Å². The van der Waals surface area contributed by atoms with Gasteiger partial charge in [-0.1, -0.05) is 18.2 Å². The highest BCUT2D eigenvalue weighted by molar-refractivity contribution is 5.89. The molecule has 0 radical (unpaired) electrons. The average Bonchev–Trinajstić information content (AvgIpc) is 3.05. The van der Waals surface area contributed by atoms with Crippen molar-refractivity contribution in [2.24, 2.45) is 0 Å². The highest BCUT2D eigenvalue weighted by Crippen LogP contribution is 2.28. The summed E-state index contributed by atoms with van der Waals surface area (Å²) < 4.78 is 10.7. The van der Waals surface area contributed by atoms with Gasteiger partial charge in [-0.3, -0.25) is 0 Å². The number of benzene rings is 2. The Hall–Kier alpha value is -2.88. The molecule has 24 heavy (non-hydrogen) atoms. The van der Waals surface area contributed by atoms with Crippen molar-refractivity contribution in [1.82, 2.24) is 0 Å². The molecule has 3 aromatic rings. The van der Waals surface area contributed by atoms with Crippen LogP contribution in [0.5, 0.6) is 0 Å². The number of rotatable bonds is 3. The first-order valence-corrected chi connectivity index (χ1v) is 8.01. The molecule has 4 rings (SSSR count). The van der Waals surface area contributed by atoms with Gasteiger partial charge in [-0.25, -0.2) is 9.59 Å². The van der Waals surface area contributed by atoms with Gasteiger partial charge in [0, 0.05) is 17.0 Å². The maximum atomic E-state index is 12.1. The Balaban J connectivity index is 1.66. The summed E-state index contributed by atoms with van der Waals surface area (Å²) in [5, 5.41) is 0.844. The molecule has 1 heterocycles. The molecule has 4 heteroatoms. The molecule has 2 aromatic carbocycles. The lowest BCUT2D eigenvalue weighted by Crippen LogP contribution is -2.08. The predicted octanol–water partition coefficient (Wildman–Crippen LogP) is 3.64. The summed E-state index contributed by atoms with van der Waals surface area (Å²) in [7, 11) is 0. The van der Waals surface area contributed by atoms with Crippen molar-refractivity contribution >= 4 is 16.9 Å². The second-order valence-electron chi connectivity index (χ2n) is 6.00. The van der Waals surface area contributed by atoms with E-state index in [1.165, 1.54) is 17.2 Å². The molecule has 0 unspecified atom stereocenters. The van der Waals surface area contributed by atoms with E-state index < -0.39 is 11.6 Å². The zero-order valence-corrected chi connectivity index (χ0v) is 13.1. The average molecular weight is 320 g/mol. The monoisotopic (exact) mass is 320 g/mol. The highest BCUT2D eigenvalue weighted by Gasteiger charge is 2.16. The van der Waals surface area contributed by atoms with Crippen molar-refractivity contribution in [3.8, 4) is 0 Å². The fraction of sp³-hybridized carbons (Fsp3) is 0.200. The molecule has 0 fully saturated rings. The fourth-order valence-corrected chi connectivity index (χ4v) is 3.22. The lowest BCUT2D eigenvalue weighted by Gasteiger charge is -2.09. The van der Waals surface area contributed by atoms with Crippen LogP contribution >= 0.6 is 0 Å². The molecule has 0 saturated carbocycles. The van der Waals surface area contributed by atoms with Crippen molar-refractivity contribution in [1.29, 1.82) is 0 Å². The predicted molar refractivity (Wildman–Crippen MR) is 90.1 cm³/mol. The number of esters is 1. The molecular weight excluding hydrogens is 304 g/mol. The van der Waals surface area contributed by atoms with Gasteiger partial charge in [0.15, 0.2) is 0 Å². The Kier molecular flexibility index (Phi) is 3.65. The van der Waals surface area contributed by atoms with Gasteiger partial charge >= 0.3 is 11.6 Å². The van der Waals surface area contributed by atoms with Gasteiger partial charge in [-0.05, 0) is 54.7 Å². The summed E-state index contributed by atoms with van der Waals surface area (Å²) in [4.78, 5) is 23.9. The number of aryl methyl sites for hydroxylation is 2. The molecular formula is C20H16O4. The second kappa shape index (κ2) is 5.96. The van der Waals surface area contributed by atoms with Crippen molar-refractivity contribution < 1.29 is 13.9 Å². The Morgan fingerprint density at radius 3 is 2.58 bits per heavy atom. The van der Waals surface area contributed by atoms with Crippen LogP contribution in [-0.2, 0) is 24.2 Å². The summed E-state index contributed by atoms with van der Waals surface area (Å²) in [6.45, 7) is 0.0502. The number of hydrogen-bond donors (Lipinski definition) is 0. The number of hydrogen-bond acceptors (Lipinski definition) is 4. The first kappa shape index (κ1) is 14.7. The highest BCUT2D eigenvalue weighted by atomic mass is 16.5. The van der Waals surface area contributed by atoms with Gasteiger partial charge < -0.3 is 9.15 Å². The maximum Gasteiger partial charge on any atom is 0.338 e. The second-order valence-corrected chi connectivity index (χ2v) is 6.00. The molecule has 0 saturated heterocycles. The lowest BCUT2D eigenvalue weighted by atomic mass is 10.0. The molecule has 0 spiro atoms. The number of fused-ring (bicyclic) bond motifs is 2. The number of carbonyl (C=O) groups excluding carboxylic acids is 1. The molecule has 0 bridgehead atoms. The van der Waals surface area contributed by atoms with Gasteiger partial charge in [-0.2, -0.15) is 0 Å². The van der Waals surface area contributed by atoms with Crippen LogP contribution in [0.1, 0.15) is 33.5 Å². The minimum absolute atomic E-state index is 0.0502. The maximum absolute atomic E-state index is 12.1. The summed E-state index contributed by atoms with van der Waals surface area (Å²) in [5.74, 6) is -0.404. The van der Waals surface area contributed by atoms with E-state index in [4.69, 9.17) is 9.15 Å². The Morgan fingerprint density at radius 1 is 1.04 bits per heavy atom. The summed E-state index contributed by atoms with van der Waals surface area (Å²) in [5.41, 5.74) is 3.84. The van der Waals surface area contributed by atoms with Crippen LogP contribution in [0.4, 0.5) is 0 Å². The Bertz CT molecular complexity index is 970. The first-order valence-electron chi connectivity index (χ1n) is 8.01. The van der Waals surface area contributed by atoms with Crippen LogP contribution in [0, 0.1) is 0 Å². The minimum Gasteiger partial charge on any atom is -0.457 e. The Morgan fingerprint density at radius 2 is 1.79 bits per heavy atom. The zero-order valence-electron chi connectivity index (χ0n) is 13.1. The Labute approximate surface area is 138 Å². The standard InChI is InChI=1S/C20H16O4/c21-19-11-16(12-23-20(22)13-5-2-1-3-6-13)17-9-14-7-4-8-15(14)10-18(17)24-19/h1-3,5-6,9-11H,4,7-8,12H2. The van der Waals surface area contributed by atoms with E-state index in [1.807, 2.05) is 12.1 Å². The van der Waals surface area contributed by atoms with Crippen LogP contribution in [-0.4, -0.2) is 5.97 Å². The molecule has 0 N–H and O–H groups in total. The van der Waals surface area contributed by atoms with Crippen molar-refractivity contribution in [3.63, 3.8) is 0 Å². The quantitative estimate of drug-likeness (QED) is 0.546. The van der Waals surface area contributed by atoms with E-state index >= 15 is 0 Å². The minimum atomic E-state index is -0.425. The van der Waals surface area contributed by atoms with Crippen LogP contribution < -0.4 is 5.63 Å². The first-order chi connectivity index (χ1) is 11.7. The molecule has 0 amide bonds. The van der Waals surface area contributed by atoms with Gasteiger partial charge in [-0.15, -0.1) is 0 Å². The third-order valence-electron chi connectivity index (χ3n) is 4.41. The lowest BCUT2D eigenvalue weighted by molar-refractivity contribution is 0.0474. The smallest absolute Gasteiger partial charge is 0.338 e. The van der Waals surface area contributed by atoms with E-state index in [0.717, 1.165) is 24.6 Å². The van der Waals surface area contributed by atoms with E-state index in [0.29, 0.717) is 16.7 Å². The van der Waals surface area contributed by atoms with E-state index in [9.17, 15) is 9.59 Å². The van der Waals surface area contributed by atoms with E-state index in [-0.39, 0.29) is 6.61 Å². The number of carbonyl (C=O) groups is 1. The van der Waals surface area contributed by atoms with Crippen molar-refractivity contribution in [3.05, 3.63) is 81.2 Å². The normalized spacial score (nSPS) is 13.0. The molecule has 0 atom stereocenters. The fourth-order valence-electron chi connectivity index (χ4n) is 3.22. The zero-order chi connectivity index (χ0) is 16.5. The largest absolute Gasteiger partial charge is 0.457 e. The molecule has 120 valence electrons. The van der Waals surface area contributed by atoms with E-state index in [1.54, 1.807) is 24.3 Å². The van der Waals surface area contributed by atoms with Gasteiger partial charge in [0.1, 0.15) is 12.2 Å². The van der Waals surface area contributed by atoms with Crippen molar-refractivity contribution in [2.75, 3.05) is 0 Å². The van der Waals surface area contributed by atoms with Gasteiger partial charge in [0.05, 0.1) is 5.56 Å². The molecule has 1 aliphatic rings. The number of ether oxygens (including phenoxy) is 1. The van der Waals surface area contributed by atoms with Crippen LogP contribution in [0.2, 0.25) is 0 Å². The summed E-state index contributed by atoms with van der Waals surface area (Å²) >= 11 is 0. The van der Waals surface area contributed by atoms with Crippen molar-refractivity contribution in [2.45, 2.75) is 25.9 Å². The molecule has 0 aliphatic heterocycles. The third kappa shape index (κ3) is 2.71. The topological polar surface area (TPSA) is 56.5 Å². The summed E-state index contributed by atoms with van der Waals surface area (Å²) in [6.07, 6.45) is 3.17. The molecule has 4 nitrogen and oxygen atoms in total. The van der Waals surface area contributed by atoms with Crippen LogP contribution in [0.15, 0.2) is 57.7 Å². The van der Waals surface area contributed by atoms with Crippen LogP contribution in [0.3, 0.4) is 0 Å². The summed E-state index contributed by atoms with van der Waals surface area (Å²) in [6, 6.07) is 14.2. The third-order valence-corrected chi connectivity index (χ3v) is 4.41.